The number of rotatable bonds is 8. The van der Waals surface area contributed by atoms with Crippen molar-refractivity contribution in [3.05, 3.63) is 218 Å². The zero-order valence-electron chi connectivity index (χ0n) is 30.1. The molecule has 0 amide bonds. The highest BCUT2D eigenvalue weighted by Gasteiger charge is 2.35. The molecule has 0 spiro atoms. The normalized spacial score (nSPS) is 13.4. The van der Waals surface area contributed by atoms with Crippen molar-refractivity contribution in [3.8, 4) is 27.9 Å². The maximum absolute atomic E-state index is 4.11. The van der Waals surface area contributed by atoms with E-state index < -0.39 is 0 Å². The Kier molecular flexibility index (Phi) is 8.01. The van der Waals surface area contributed by atoms with Crippen molar-refractivity contribution in [2.75, 3.05) is 4.90 Å². The van der Waals surface area contributed by atoms with Crippen LogP contribution < -0.4 is 4.90 Å². The van der Waals surface area contributed by atoms with Gasteiger partial charge in [-0.2, -0.15) is 0 Å². The largest absolute Gasteiger partial charge is 0.317 e. The number of hydrogen-bond acceptors (Lipinski definition) is 1. The summed E-state index contributed by atoms with van der Waals surface area (Å²) >= 11 is 0. The lowest BCUT2D eigenvalue weighted by molar-refractivity contribution is 0.660. The van der Waals surface area contributed by atoms with Crippen molar-refractivity contribution in [3.63, 3.8) is 0 Å². The number of aromatic nitrogens is 1. The molecule has 0 saturated carbocycles. The van der Waals surface area contributed by atoms with Crippen LogP contribution in [0.1, 0.15) is 30.5 Å². The number of nitrogens with zero attached hydrogens (tertiary/aromatic N) is 2. The molecule has 8 aromatic rings. The monoisotopic (exact) mass is 680 g/mol. The Morgan fingerprint density at radius 2 is 1.21 bits per heavy atom. The predicted molar refractivity (Wildman–Crippen MR) is 226 cm³/mol. The Labute approximate surface area is 311 Å². The Balaban J connectivity index is 1.15. The van der Waals surface area contributed by atoms with Gasteiger partial charge in [-0.05, 0) is 105 Å². The maximum Gasteiger partial charge on any atom is 0.0541 e. The highest BCUT2D eigenvalue weighted by atomic mass is 15.1. The molecular formula is C51H40N2. The van der Waals surface area contributed by atoms with Gasteiger partial charge in [-0.3, -0.25) is 0 Å². The van der Waals surface area contributed by atoms with E-state index in [1.54, 1.807) is 0 Å². The van der Waals surface area contributed by atoms with E-state index >= 15 is 0 Å². The lowest BCUT2D eigenvalue weighted by Crippen LogP contribution is -2.16. The predicted octanol–water partition coefficient (Wildman–Crippen LogP) is 13.7. The average Bonchev–Trinajstić information content (AvgIpc) is 3.66. The molecule has 254 valence electrons. The molecule has 2 nitrogen and oxygen atoms in total. The fourth-order valence-corrected chi connectivity index (χ4v) is 8.15. The molecule has 1 aromatic heterocycles. The minimum atomic E-state index is -0.100. The molecule has 1 heterocycles. The first-order valence-electron chi connectivity index (χ1n) is 18.3. The number of benzene rings is 7. The van der Waals surface area contributed by atoms with Crippen LogP contribution in [0.4, 0.5) is 11.4 Å². The highest BCUT2D eigenvalue weighted by molar-refractivity contribution is 6.10. The Hall–Kier alpha value is -6.64. The molecule has 0 bridgehead atoms. The lowest BCUT2D eigenvalue weighted by atomic mass is 9.82. The minimum absolute atomic E-state index is 0.100. The summed E-state index contributed by atoms with van der Waals surface area (Å²) in [6.07, 6.45) is 8.41. The second-order valence-corrected chi connectivity index (χ2v) is 14.3. The summed E-state index contributed by atoms with van der Waals surface area (Å²) in [5.74, 6) is 0. The first kappa shape index (κ1) is 32.3. The Morgan fingerprint density at radius 3 is 2.00 bits per heavy atom. The van der Waals surface area contributed by atoms with Crippen molar-refractivity contribution in [1.29, 1.82) is 0 Å². The van der Waals surface area contributed by atoms with Crippen molar-refractivity contribution in [1.82, 2.24) is 4.57 Å². The molecule has 0 N–H and O–H groups in total. The third-order valence-corrected chi connectivity index (χ3v) is 10.8. The number of fused-ring (bicyclic) bond motifs is 6. The molecular weight excluding hydrogens is 641 g/mol. The van der Waals surface area contributed by atoms with E-state index in [4.69, 9.17) is 0 Å². The van der Waals surface area contributed by atoms with E-state index in [0.717, 1.165) is 28.2 Å². The van der Waals surface area contributed by atoms with E-state index in [-0.39, 0.29) is 5.41 Å². The molecule has 2 heteroatoms. The third kappa shape index (κ3) is 5.60. The minimum Gasteiger partial charge on any atom is -0.317 e. The van der Waals surface area contributed by atoms with Gasteiger partial charge >= 0.3 is 0 Å². The molecule has 53 heavy (non-hydrogen) atoms. The van der Waals surface area contributed by atoms with Gasteiger partial charge in [0, 0.05) is 39.4 Å². The number of allylic oxidation sites excluding steroid dienone is 4. The van der Waals surface area contributed by atoms with Crippen molar-refractivity contribution >= 4 is 38.8 Å². The van der Waals surface area contributed by atoms with Crippen molar-refractivity contribution < 1.29 is 0 Å². The molecule has 0 fully saturated rings. The summed E-state index contributed by atoms with van der Waals surface area (Å²) < 4.78 is 2.36. The Morgan fingerprint density at radius 1 is 0.566 bits per heavy atom. The van der Waals surface area contributed by atoms with Gasteiger partial charge in [0.15, 0.2) is 0 Å². The van der Waals surface area contributed by atoms with Crippen molar-refractivity contribution in [2.45, 2.75) is 19.3 Å². The lowest BCUT2D eigenvalue weighted by Gasteiger charge is -2.26. The fraction of sp³-hybridized carbons (Fsp3) is 0.0588. The van der Waals surface area contributed by atoms with E-state index in [9.17, 15) is 0 Å². The molecule has 0 saturated heterocycles. The van der Waals surface area contributed by atoms with Crippen LogP contribution in [0.15, 0.2) is 201 Å². The van der Waals surface area contributed by atoms with Crippen LogP contribution >= 0.6 is 0 Å². The fourth-order valence-electron chi connectivity index (χ4n) is 8.15. The molecule has 7 aromatic carbocycles. The zero-order chi connectivity index (χ0) is 35.9. The summed E-state index contributed by atoms with van der Waals surface area (Å²) in [6.45, 7) is 8.79. The van der Waals surface area contributed by atoms with Crippen molar-refractivity contribution in [2.24, 2.45) is 0 Å². The second kappa shape index (κ2) is 13.2. The van der Waals surface area contributed by atoms with E-state index in [1.807, 2.05) is 6.08 Å². The van der Waals surface area contributed by atoms with Crippen LogP contribution in [-0.4, -0.2) is 4.57 Å². The zero-order valence-corrected chi connectivity index (χ0v) is 30.1. The first-order chi connectivity index (χ1) is 26.0. The number of para-hydroxylation sites is 2. The molecule has 1 aliphatic carbocycles. The summed E-state index contributed by atoms with van der Waals surface area (Å²) in [5, 5.41) is 2.45. The highest BCUT2D eigenvalue weighted by Crippen LogP contribution is 2.50. The van der Waals surface area contributed by atoms with Gasteiger partial charge in [-0.1, -0.05) is 148 Å². The van der Waals surface area contributed by atoms with Gasteiger partial charge in [-0.15, -0.1) is 0 Å². The molecule has 9 rings (SSSR count). The number of anilines is 2. The van der Waals surface area contributed by atoms with Crippen LogP contribution in [0.5, 0.6) is 0 Å². The summed E-state index contributed by atoms with van der Waals surface area (Å²) in [4.78, 5) is 2.31. The van der Waals surface area contributed by atoms with Crippen LogP contribution in [-0.2, 0) is 5.41 Å². The Bertz CT molecular complexity index is 2690. The van der Waals surface area contributed by atoms with Crippen LogP contribution in [0, 0.1) is 0 Å². The molecule has 0 radical (unpaired) electrons. The average molecular weight is 681 g/mol. The standard InChI is InChI=1S/C51H40N2/c1-4-15-36(39-26-31-50-46(34-39)45-21-12-14-23-49(45)53(50)41-18-9-6-10-19-41)32-33-52(40-27-24-38(25-28-40)37-16-7-5-8-17-37)42-29-30-44-43-20-11-13-22-47(43)51(2,3)48(44)35-42/h4-35H,1H2,2-3H3/b33-32-,36-15+. The first-order valence-corrected chi connectivity index (χ1v) is 18.3. The van der Waals surface area contributed by atoms with Gasteiger partial charge in [0.2, 0.25) is 0 Å². The number of hydrogen-bond donors (Lipinski definition) is 0. The van der Waals surface area contributed by atoms with Gasteiger partial charge in [0.25, 0.3) is 0 Å². The second-order valence-electron chi connectivity index (χ2n) is 14.3. The summed E-state index contributed by atoms with van der Waals surface area (Å²) in [7, 11) is 0. The van der Waals surface area contributed by atoms with Crippen LogP contribution in [0.3, 0.4) is 0 Å². The maximum atomic E-state index is 4.11. The van der Waals surface area contributed by atoms with Crippen LogP contribution in [0.2, 0.25) is 0 Å². The summed E-state index contributed by atoms with van der Waals surface area (Å²) in [6, 6.07) is 61.3. The molecule has 0 unspecified atom stereocenters. The van der Waals surface area contributed by atoms with Gasteiger partial charge in [0.05, 0.1) is 11.0 Å². The van der Waals surface area contributed by atoms with Gasteiger partial charge in [-0.25, -0.2) is 0 Å². The quantitative estimate of drug-likeness (QED) is 0.145. The molecule has 0 atom stereocenters. The molecule has 1 aliphatic rings. The van der Waals surface area contributed by atoms with Crippen LogP contribution in [0.25, 0.3) is 55.3 Å². The van der Waals surface area contributed by atoms with E-state index in [0.29, 0.717) is 0 Å². The molecule has 0 aliphatic heterocycles. The van der Waals surface area contributed by atoms with E-state index in [1.165, 1.54) is 55.2 Å². The third-order valence-electron chi connectivity index (χ3n) is 10.8. The van der Waals surface area contributed by atoms with Gasteiger partial charge in [0.1, 0.15) is 0 Å². The van der Waals surface area contributed by atoms with Gasteiger partial charge < -0.3 is 9.47 Å². The SMILES string of the molecule is C=C/C=C(\C=C/N(c1ccc(-c2ccccc2)cc1)c1ccc2c(c1)C(C)(C)c1ccccc1-2)c1ccc2c(c1)c1ccccc1n2-c1ccccc1. The topological polar surface area (TPSA) is 8.17 Å². The smallest absolute Gasteiger partial charge is 0.0541 e. The van der Waals surface area contributed by atoms with E-state index in [2.05, 4.69) is 218 Å². The summed E-state index contributed by atoms with van der Waals surface area (Å²) in [5.41, 5.74) is 15.6.